The standard InChI is InChI=1S/C13H21NO3/c1-3-17-12-7-5-4-6-10(12)13(16)11(15)8-9-14-2/h4-7,11,13-16H,3,8-9H2,1-2H3. The highest BCUT2D eigenvalue weighted by atomic mass is 16.5. The van der Waals surface area contributed by atoms with Crippen LogP contribution in [-0.4, -0.2) is 36.5 Å². The molecule has 0 radical (unpaired) electrons. The van der Waals surface area contributed by atoms with Gasteiger partial charge in [0.25, 0.3) is 0 Å². The highest BCUT2D eigenvalue weighted by Gasteiger charge is 2.20. The molecule has 4 heteroatoms. The second kappa shape index (κ2) is 7.27. The summed E-state index contributed by atoms with van der Waals surface area (Å²) in [4.78, 5) is 0. The van der Waals surface area contributed by atoms with Crippen molar-refractivity contribution in [1.29, 1.82) is 0 Å². The molecule has 0 fully saturated rings. The largest absolute Gasteiger partial charge is 0.493 e. The van der Waals surface area contributed by atoms with E-state index in [2.05, 4.69) is 5.32 Å². The first-order chi connectivity index (χ1) is 8.20. The second-order valence-electron chi connectivity index (χ2n) is 3.88. The Balaban J connectivity index is 2.76. The predicted molar refractivity (Wildman–Crippen MR) is 67.1 cm³/mol. The summed E-state index contributed by atoms with van der Waals surface area (Å²) in [6.45, 7) is 3.09. The van der Waals surface area contributed by atoms with Crippen LogP contribution in [0.2, 0.25) is 0 Å². The number of hydrogen-bond donors (Lipinski definition) is 3. The zero-order valence-electron chi connectivity index (χ0n) is 10.4. The molecule has 2 unspecified atom stereocenters. The number of nitrogens with one attached hydrogen (secondary N) is 1. The number of aliphatic hydroxyl groups excluding tert-OH is 2. The van der Waals surface area contributed by atoms with Crippen molar-refractivity contribution >= 4 is 0 Å². The lowest BCUT2D eigenvalue weighted by molar-refractivity contribution is 0.0124. The van der Waals surface area contributed by atoms with Crippen molar-refractivity contribution in [3.05, 3.63) is 29.8 Å². The maximum absolute atomic E-state index is 10.1. The smallest absolute Gasteiger partial charge is 0.125 e. The maximum atomic E-state index is 10.1. The van der Waals surface area contributed by atoms with Gasteiger partial charge in [-0.05, 0) is 33.0 Å². The van der Waals surface area contributed by atoms with Gasteiger partial charge in [0.2, 0.25) is 0 Å². The van der Waals surface area contributed by atoms with E-state index < -0.39 is 12.2 Å². The number of ether oxygens (including phenoxy) is 1. The fourth-order valence-electron chi connectivity index (χ4n) is 1.67. The molecule has 0 aliphatic carbocycles. The van der Waals surface area contributed by atoms with Gasteiger partial charge in [-0.2, -0.15) is 0 Å². The van der Waals surface area contributed by atoms with E-state index in [-0.39, 0.29) is 0 Å². The first-order valence-corrected chi connectivity index (χ1v) is 5.93. The van der Waals surface area contributed by atoms with E-state index in [1.807, 2.05) is 26.1 Å². The topological polar surface area (TPSA) is 61.7 Å². The van der Waals surface area contributed by atoms with Gasteiger partial charge in [-0.3, -0.25) is 0 Å². The van der Waals surface area contributed by atoms with E-state index in [4.69, 9.17) is 4.74 Å². The van der Waals surface area contributed by atoms with E-state index in [1.54, 1.807) is 12.1 Å². The lowest BCUT2D eigenvalue weighted by atomic mass is 10.0. The molecule has 0 aliphatic rings. The van der Waals surface area contributed by atoms with E-state index in [9.17, 15) is 10.2 Å². The first kappa shape index (κ1) is 14.0. The number of hydrogen-bond acceptors (Lipinski definition) is 4. The summed E-state index contributed by atoms with van der Waals surface area (Å²) >= 11 is 0. The van der Waals surface area contributed by atoms with Gasteiger partial charge < -0.3 is 20.3 Å². The number of benzene rings is 1. The zero-order valence-corrected chi connectivity index (χ0v) is 10.4. The number of aliphatic hydroxyl groups is 2. The quantitative estimate of drug-likeness (QED) is 0.666. The lowest BCUT2D eigenvalue weighted by Crippen LogP contribution is -2.23. The summed E-state index contributed by atoms with van der Waals surface area (Å²) in [5.41, 5.74) is 0.637. The molecule has 0 aromatic heterocycles. The summed E-state index contributed by atoms with van der Waals surface area (Å²) in [7, 11) is 1.81. The fourth-order valence-corrected chi connectivity index (χ4v) is 1.67. The first-order valence-electron chi connectivity index (χ1n) is 5.93. The third-order valence-corrected chi connectivity index (χ3v) is 2.59. The van der Waals surface area contributed by atoms with Crippen LogP contribution in [-0.2, 0) is 0 Å². The molecule has 1 aromatic carbocycles. The van der Waals surface area contributed by atoms with Gasteiger partial charge in [0.15, 0.2) is 0 Å². The zero-order chi connectivity index (χ0) is 12.7. The van der Waals surface area contributed by atoms with Gasteiger partial charge in [-0.25, -0.2) is 0 Å². The summed E-state index contributed by atoms with van der Waals surface area (Å²) < 4.78 is 5.43. The average Bonchev–Trinajstić information content (AvgIpc) is 2.36. The van der Waals surface area contributed by atoms with E-state index >= 15 is 0 Å². The van der Waals surface area contributed by atoms with Crippen LogP contribution < -0.4 is 10.1 Å². The van der Waals surface area contributed by atoms with Crippen molar-refractivity contribution in [2.24, 2.45) is 0 Å². The second-order valence-corrected chi connectivity index (χ2v) is 3.88. The molecule has 0 saturated heterocycles. The van der Waals surface area contributed by atoms with Gasteiger partial charge in [0.05, 0.1) is 12.7 Å². The molecule has 17 heavy (non-hydrogen) atoms. The Morgan fingerprint density at radius 1 is 1.29 bits per heavy atom. The van der Waals surface area contributed by atoms with Crippen molar-refractivity contribution in [2.45, 2.75) is 25.6 Å². The molecule has 96 valence electrons. The van der Waals surface area contributed by atoms with Crippen molar-refractivity contribution < 1.29 is 14.9 Å². The monoisotopic (exact) mass is 239 g/mol. The molecule has 3 N–H and O–H groups in total. The average molecular weight is 239 g/mol. The molecule has 0 saturated carbocycles. The van der Waals surface area contributed by atoms with Gasteiger partial charge in [-0.1, -0.05) is 18.2 Å². The van der Waals surface area contributed by atoms with Crippen LogP contribution in [0.3, 0.4) is 0 Å². The van der Waals surface area contributed by atoms with Crippen LogP contribution in [0.1, 0.15) is 25.0 Å². The van der Waals surface area contributed by atoms with Gasteiger partial charge >= 0.3 is 0 Å². The van der Waals surface area contributed by atoms with E-state index in [0.717, 1.165) is 0 Å². The third-order valence-electron chi connectivity index (χ3n) is 2.59. The lowest BCUT2D eigenvalue weighted by Gasteiger charge is -2.20. The van der Waals surface area contributed by atoms with Crippen molar-refractivity contribution in [2.75, 3.05) is 20.2 Å². The highest BCUT2D eigenvalue weighted by Crippen LogP contribution is 2.28. The molecule has 0 aliphatic heterocycles. The molecular formula is C13H21NO3. The molecule has 0 heterocycles. The molecule has 0 amide bonds. The molecule has 0 spiro atoms. The minimum atomic E-state index is -0.911. The summed E-state index contributed by atoms with van der Waals surface area (Å²) in [6, 6.07) is 7.25. The number of para-hydroxylation sites is 1. The van der Waals surface area contributed by atoms with Crippen LogP contribution in [0.5, 0.6) is 5.75 Å². The Morgan fingerprint density at radius 3 is 2.65 bits per heavy atom. The SMILES string of the molecule is CCOc1ccccc1C(O)C(O)CCNC. The van der Waals surface area contributed by atoms with E-state index in [1.165, 1.54) is 0 Å². The van der Waals surface area contributed by atoms with Crippen molar-refractivity contribution in [3.8, 4) is 5.75 Å². The summed E-state index contributed by atoms with van der Waals surface area (Å²) in [5, 5.41) is 22.9. The maximum Gasteiger partial charge on any atom is 0.125 e. The van der Waals surface area contributed by atoms with Gasteiger partial charge in [-0.15, -0.1) is 0 Å². The predicted octanol–water partition coefficient (Wildman–Crippen LogP) is 1.09. The van der Waals surface area contributed by atoms with Crippen molar-refractivity contribution in [3.63, 3.8) is 0 Å². The van der Waals surface area contributed by atoms with Crippen molar-refractivity contribution in [1.82, 2.24) is 5.32 Å². The normalized spacial score (nSPS) is 14.4. The molecular weight excluding hydrogens is 218 g/mol. The Morgan fingerprint density at radius 2 is 2.00 bits per heavy atom. The Kier molecular flexibility index (Phi) is 5.97. The summed E-state index contributed by atoms with van der Waals surface area (Å²) in [6.07, 6.45) is -1.20. The van der Waals surface area contributed by atoms with E-state index in [0.29, 0.717) is 30.9 Å². The molecule has 1 rings (SSSR count). The van der Waals surface area contributed by atoms with Gasteiger partial charge in [0, 0.05) is 5.56 Å². The molecule has 0 bridgehead atoms. The Hall–Kier alpha value is -1.10. The minimum absolute atomic E-state index is 0.498. The Bertz CT molecular complexity index is 330. The molecule has 2 atom stereocenters. The third kappa shape index (κ3) is 4.00. The number of rotatable bonds is 7. The molecule has 4 nitrogen and oxygen atoms in total. The van der Waals surface area contributed by atoms with Crippen LogP contribution in [0.15, 0.2) is 24.3 Å². The van der Waals surface area contributed by atoms with Crippen LogP contribution >= 0.6 is 0 Å². The van der Waals surface area contributed by atoms with Crippen LogP contribution in [0.25, 0.3) is 0 Å². The minimum Gasteiger partial charge on any atom is -0.493 e. The van der Waals surface area contributed by atoms with Gasteiger partial charge in [0.1, 0.15) is 11.9 Å². The Labute approximate surface area is 102 Å². The van der Waals surface area contributed by atoms with Crippen LogP contribution in [0, 0.1) is 0 Å². The fraction of sp³-hybridized carbons (Fsp3) is 0.538. The molecule has 1 aromatic rings. The highest BCUT2D eigenvalue weighted by molar-refractivity contribution is 5.35. The summed E-state index contributed by atoms with van der Waals surface area (Å²) in [5.74, 6) is 0.631. The van der Waals surface area contributed by atoms with Crippen LogP contribution in [0.4, 0.5) is 0 Å².